The van der Waals surface area contributed by atoms with E-state index in [0.29, 0.717) is 25.7 Å². The van der Waals surface area contributed by atoms with Gasteiger partial charge in [0.15, 0.2) is 0 Å². The molecule has 2 amide bonds. The highest BCUT2D eigenvalue weighted by Crippen LogP contribution is 2.44. The Morgan fingerprint density at radius 2 is 1.59 bits per heavy atom. The Morgan fingerprint density at radius 3 is 2.12 bits per heavy atom. The van der Waals surface area contributed by atoms with Gasteiger partial charge in [-0.1, -0.05) is 61.4 Å². The summed E-state index contributed by atoms with van der Waals surface area (Å²) in [6, 6.07) is 16.0. The summed E-state index contributed by atoms with van der Waals surface area (Å²) in [4.78, 5) is 37.8. The molecule has 8 nitrogen and oxygen atoms in total. The number of amides is 2. The minimum Gasteiger partial charge on any atom is -0.480 e. The number of fused-ring (bicyclic) bond motifs is 3. The van der Waals surface area contributed by atoms with Crippen molar-refractivity contribution >= 4 is 18.0 Å². The highest BCUT2D eigenvalue weighted by Gasteiger charge is 2.47. The van der Waals surface area contributed by atoms with Gasteiger partial charge in [-0.25, -0.2) is 9.59 Å². The van der Waals surface area contributed by atoms with Crippen LogP contribution in [0, 0.1) is 0 Å². The van der Waals surface area contributed by atoms with Crippen molar-refractivity contribution in [3.05, 3.63) is 59.7 Å². The number of carboxylic acids is 1. The second-order valence-corrected chi connectivity index (χ2v) is 9.26. The van der Waals surface area contributed by atoms with Gasteiger partial charge in [-0.05, 0) is 42.0 Å². The van der Waals surface area contributed by atoms with Crippen molar-refractivity contribution in [2.24, 2.45) is 0 Å². The molecule has 1 atom stereocenters. The SMILES string of the molecule is COCC(C)(NC(=O)OCC1c2ccccc2-c2ccccc21)C(=O)NC1(C(=O)O)CCCC1. The Hall–Kier alpha value is -3.39. The van der Waals surface area contributed by atoms with Crippen LogP contribution in [0.5, 0.6) is 0 Å². The zero-order valence-corrected chi connectivity index (χ0v) is 19.4. The quantitative estimate of drug-likeness (QED) is 0.549. The van der Waals surface area contributed by atoms with Crippen LogP contribution in [0.15, 0.2) is 48.5 Å². The highest BCUT2D eigenvalue weighted by molar-refractivity contribution is 5.94. The molecule has 3 N–H and O–H groups in total. The lowest BCUT2D eigenvalue weighted by atomic mass is 9.94. The maximum Gasteiger partial charge on any atom is 0.408 e. The number of hydrogen-bond acceptors (Lipinski definition) is 5. The number of ether oxygens (including phenoxy) is 2. The van der Waals surface area contributed by atoms with Gasteiger partial charge in [0, 0.05) is 13.0 Å². The normalized spacial score (nSPS) is 17.8. The molecule has 0 spiro atoms. The lowest BCUT2D eigenvalue weighted by Crippen LogP contribution is -2.65. The molecule has 0 saturated heterocycles. The van der Waals surface area contributed by atoms with Crippen LogP contribution in [0.1, 0.15) is 49.7 Å². The molecule has 1 saturated carbocycles. The molecule has 0 aromatic heterocycles. The zero-order chi connectivity index (χ0) is 24.3. The summed E-state index contributed by atoms with van der Waals surface area (Å²) in [6.07, 6.45) is 1.36. The van der Waals surface area contributed by atoms with Crippen molar-refractivity contribution in [2.75, 3.05) is 20.3 Å². The van der Waals surface area contributed by atoms with Crippen LogP contribution < -0.4 is 10.6 Å². The number of hydrogen-bond donors (Lipinski definition) is 3. The molecule has 1 fully saturated rings. The third-order valence-corrected chi connectivity index (χ3v) is 6.88. The number of rotatable bonds is 8. The summed E-state index contributed by atoms with van der Waals surface area (Å²) in [6.45, 7) is 1.46. The van der Waals surface area contributed by atoms with Crippen molar-refractivity contribution in [3.8, 4) is 11.1 Å². The fraction of sp³-hybridized carbons (Fsp3) is 0.423. The van der Waals surface area contributed by atoms with Crippen molar-refractivity contribution in [1.82, 2.24) is 10.6 Å². The topological polar surface area (TPSA) is 114 Å². The average molecular weight is 467 g/mol. The zero-order valence-electron chi connectivity index (χ0n) is 19.4. The van der Waals surface area contributed by atoms with Gasteiger partial charge in [-0.3, -0.25) is 4.79 Å². The molecule has 2 aromatic carbocycles. The van der Waals surface area contributed by atoms with E-state index >= 15 is 0 Å². The molecular formula is C26H30N2O6. The molecule has 2 aliphatic carbocycles. The van der Waals surface area contributed by atoms with Gasteiger partial charge >= 0.3 is 12.1 Å². The summed E-state index contributed by atoms with van der Waals surface area (Å²) in [5.41, 5.74) is 1.58. The van der Waals surface area contributed by atoms with E-state index in [9.17, 15) is 19.5 Å². The summed E-state index contributed by atoms with van der Waals surface area (Å²) < 4.78 is 10.8. The third-order valence-electron chi connectivity index (χ3n) is 6.88. The molecule has 2 aliphatic rings. The molecule has 34 heavy (non-hydrogen) atoms. The summed E-state index contributed by atoms with van der Waals surface area (Å²) in [7, 11) is 1.41. The van der Waals surface area contributed by atoms with Crippen LogP contribution in [-0.4, -0.2) is 54.5 Å². The van der Waals surface area contributed by atoms with E-state index in [4.69, 9.17) is 9.47 Å². The van der Waals surface area contributed by atoms with Gasteiger partial charge < -0.3 is 25.2 Å². The smallest absolute Gasteiger partial charge is 0.408 e. The fourth-order valence-corrected chi connectivity index (χ4v) is 5.03. The number of nitrogens with one attached hydrogen (secondary N) is 2. The van der Waals surface area contributed by atoms with E-state index in [1.807, 2.05) is 36.4 Å². The Labute approximate surface area is 198 Å². The van der Waals surface area contributed by atoms with E-state index in [1.54, 1.807) is 0 Å². The van der Waals surface area contributed by atoms with Crippen molar-refractivity contribution in [2.45, 2.75) is 49.6 Å². The van der Waals surface area contributed by atoms with Crippen molar-refractivity contribution < 1.29 is 29.0 Å². The Kier molecular flexibility index (Phi) is 6.61. The first-order valence-electron chi connectivity index (χ1n) is 11.5. The van der Waals surface area contributed by atoms with Gasteiger partial charge in [0.2, 0.25) is 5.91 Å². The lowest BCUT2D eigenvalue weighted by Gasteiger charge is -2.33. The number of benzene rings is 2. The van der Waals surface area contributed by atoms with E-state index in [0.717, 1.165) is 22.3 Å². The first kappa shape index (κ1) is 23.8. The molecule has 1 unspecified atom stereocenters. The highest BCUT2D eigenvalue weighted by atomic mass is 16.5. The fourth-order valence-electron chi connectivity index (χ4n) is 5.03. The Bertz CT molecular complexity index is 1050. The van der Waals surface area contributed by atoms with Crippen LogP contribution in [0.2, 0.25) is 0 Å². The maximum absolute atomic E-state index is 13.1. The maximum atomic E-state index is 13.1. The first-order valence-corrected chi connectivity index (χ1v) is 11.5. The monoisotopic (exact) mass is 466 g/mol. The number of carbonyl (C=O) groups is 3. The van der Waals surface area contributed by atoms with Crippen molar-refractivity contribution in [1.29, 1.82) is 0 Å². The van der Waals surface area contributed by atoms with E-state index in [-0.39, 0.29) is 19.1 Å². The average Bonchev–Trinajstić information content (AvgIpc) is 3.41. The second kappa shape index (κ2) is 9.46. The molecule has 4 rings (SSSR count). The molecule has 180 valence electrons. The molecule has 0 bridgehead atoms. The summed E-state index contributed by atoms with van der Waals surface area (Å²) in [5, 5.41) is 15.0. The lowest BCUT2D eigenvalue weighted by molar-refractivity contribution is -0.148. The minimum atomic E-state index is -1.50. The summed E-state index contributed by atoms with van der Waals surface area (Å²) in [5.74, 6) is -1.80. The predicted octanol–water partition coefficient (Wildman–Crippen LogP) is 3.44. The van der Waals surface area contributed by atoms with Gasteiger partial charge in [0.05, 0.1) is 6.61 Å². The second-order valence-electron chi connectivity index (χ2n) is 9.26. The van der Waals surface area contributed by atoms with Gasteiger partial charge in [0.1, 0.15) is 17.7 Å². The molecule has 2 aromatic rings. The van der Waals surface area contributed by atoms with Crippen LogP contribution in [0.25, 0.3) is 11.1 Å². The van der Waals surface area contributed by atoms with Crippen molar-refractivity contribution in [3.63, 3.8) is 0 Å². The standard InChI is InChI=1S/C26H30N2O6/c1-25(16-33-2,22(29)27-26(23(30)31)13-7-8-14-26)28-24(32)34-15-21-19-11-5-3-9-17(19)18-10-4-6-12-20(18)21/h3-6,9-12,21H,7-8,13-16H2,1-2H3,(H,27,29)(H,28,32)(H,30,31). The van der Waals surface area contributed by atoms with Gasteiger partial charge in [0.25, 0.3) is 0 Å². The number of methoxy groups -OCH3 is 1. The van der Waals surface area contributed by atoms with Gasteiger partial charge in [-0.2, -0.15) is 0 Å². The third kappa shape index (κ3) is 4.37. The number of carbonyl (C=O) groups excluding carboxylic acids is 2. The number of alkyl carbamates (subject to hydrolysis) is 1. The molecule has 0 radical (unpaired) electrons. The Balaban J connectivity index is 1.45. The minimum absolute atomic E-state index is 0.101. The van der Waals surface area contributed by atoms with Crippen LogP contribution in [-0.2, 0) is 19.1 Å². The first-order chi connectivity index (χ1) is 16.3. The van der Waals surface area contributed by atoms with Crippen LogP contribution in [0.3, 0.4) is 0 Å². The molecule has 8 heteroatoms. The molecule has 0 heterocycles. The van der Waals surface area contributed by atoms with E-state index in [1.165, 1.54) is 14.0 Å². The Morgan fingerprint density at radius 1 is 1.03 bits per heavy atom. The van der Waals surface area contributed by atoms with Crippen LogP contribution in [0.4, 0.5) is 4.79 Å². The van der Waals surface area contributed by atoms with E-state index in [2.05, 4.69) is 22.8 Å². The molecular weight excluding hydrogens is 436 g/mol. The van der Waals surface area contributed by atoms with Crippen LogP contribution >= 0.6 is 0 Å². The molecule has 0 aliphatic heterocycles. The number of carboxylic acid groups (broad SMARTS) is 1. The van der Waals surface area contributed by atoms with Gasteiger partial charge in [-0.15, -0.1) is 0 Å². The van der Waals surface area contributed by atoms with E-state index < -0.39 is 29.0 Å². The predicted molar refractivity (Wildman–Crippen MR) is 125 cm³/mol. The number of aliphatic carboxylic acids is 1. The summed E-state index contributed by atoms with van der Waals surface area (Å²) >= 11 is 0. The largest absolute Gasteiger partial charge is 0.480 e.